The average Bonchev–Trinajstić information content (AvgIpc) is 3.16. The van der Waals surface area contributed by atoms with Crippen LogP contribution >= 0.6 is 11.6 Å². The summed E-state index contributed by atoms with van der Waals surface area (Å²) in [6, 6.07) is 11.3. The van der Waals surface area contributed by atoms with E-state index in [9.17, 15) is 4.79 Å². The second kappa shape index (κ2) is 8.37. The number of piperidine rings is 1. The van der Waals surface area contributed by atoms with E-state index in [-0.39, 0.29) is 23.8 Å². The highest BCUT2D eigenvalue weighted by molar-refractivity contribution is 6.29. The Morgan fingerprint density at radius 1 is 1.24 bits per heavy atom. The Hall–Kier alpha value is -2.67. The highest BCUT2D eigenvalue weighted by Gasteiger charge is 2.30. The van der Waals surface area contributed by atoms with E-state index in [1.165, 1.54) is 0 Å². The number of aromatic nitrogens is 4. The lowest BCUT2D eigenvalue weighted by atomic mass is 9.95. The lowest BCUT2D eigenvalue weighted by Gasteiger charge is -2.33. The van der Waals surface area contributed by atoms with Crippen LogP contribution in [0.25, 0.3) is 11.0 Å². The summed E-state index contributed by atoms with van der Waals surface area (Å²) in [7, 11) is 0. The van der Waals surface area contributed by atoms with Crippen molar-refractivity contribution in [1.29, 1.82) is 0 Å². The maximum atomic E-state index is 13.1. The first-order valence-electron chi connectivity index (χ1n) is 10.0. The summed E-state index contributed by atoms with van der Waals surface area (Å²) in [6.07, 6.45) is 1.79. The number of aromatic amines is 1. The molecule has 1 aromatic carbocycles. The number of anilines is 1. The lowest BCUT2D eigenvalue weighted by Crippen LogP contribution is -2.45. The van der Waals surface area contributed by atoms with Gasteiger partial charge in [-0.2, -0.15) is 0 Å². The summed E-state index contributed by atoms with van der Waals surface area (Å²) >= 11 is 5.84. The number of H-pyrrole nitrogens is 1. The number of amides is 1. The van der Waals surface area contributed by atoms with Gasteiger partial charge in [0.05, 0.1) is 23.0 Å². The quantitative estimate of drug-likeness (QED) is 0.666. The number of imidazole rings is 1. The molecule has 1 fully saturated rings. The molecular weight excluding hydrogens is 388 g/mol. The zero-order valence-electron chi connectivity index (χ0n) is 16.6. The van der Waals surface area contributed by atoms with Crippen molar-refractivity contribution in [2.45, 2.75) is 32.7 Å². The minimum absolute atomic E-state index is 0.0516. The third kappa shape index (κ3) is 4.34. The highest BCUT2D eigenvalue weighted by atomic mass is 35.5. The van der Waals surface area contributed by atoms with Crippen molar-refractivity contribution in [2.24, 2.45) is 11.8 Å². The van der Waals surface area contributed by atoms with E-state index in [0.717, 1.165) is 42.1 Å². The minimum Gasteiger partial charge on any atom is -0.354 e. The first-order chi connectivity index (χ1) is 14.0. The van der Waals surface area contributed by atoms with Crippen LogP contribution in [0.5, 0.6) is 0 Å². The molecule has 8 heteroatoms. The number of benzene rings is 1. The van der Waals surface area contributed by atoms with Gasteiger partial charge in [-0.25, -0.2) is 4.98 Å². The minimum atomic E-state index is -0.166. The van der Waals surface area contributed by atoms with Crippen molar-refractivity contribution in [3.8, 4) is 0 Å². The molecule has 2 aromatic heterocycles. The Bertz CT molecular complexity index is 953. The van der Waals surface area contributed by atoms with Gasteiger partial charge in [0.25, 0.3) is 0 Å². The van der Waals surface area contributed by atoms with Crippen LogP contribution in [0.1, 0.15) is 38.6 Å². The number of carbonyl (C=O) groups excluding carboxylic acids is 1. The van der Waals surface area contributed by atoms with Gasteiger partial charge in [-0.3, -0.25) is 4.79 Å². The smallest absolute Gasteiger partial charge is 0.225 e. The number of halogens is 1. The maximum Gasteiger partial charge on any atom is 0.225 e. The summed E-state index contributed by atoms with van der Waals surface area (Å²) < 4.78 is 0. The van der Waals surface area contributed by atoms with Gasteiger partial charge in [0.15, 0.2) is 11.0 Å². The van der Waals surface area contributed by atoms with E-state index < -0.39 is 0 Å². The molecule has 4 rings (SSSR count). The van der Waals surface area contributed by atoms with Gasteiger partial charge in [-0.15, -0.1) is 10.2 Å². The van der Waals surface area contributed by atoms with Crippen LogP contribution in [0.2, 0.25) is 5.15 Å². The van der Waals surface area contributed by atoms with Gasteiger partial charge in [0.1, 0.15) is 5.82 Å². The van der Waals surface area contributed by atoms with E-state index in [1.54, 1.807) is 6.07 Å². The van der Waals surface area contributed by atoms with Gasteiger partial charge in [-0.1, -0.05) is 37.6 Å². The topological polar surface area (TPSA) is 86.8 Å². The standard InChI is InChI=1S/C21H25ClN6O/c1-13(2)19(20-23-15-7-3-4-8-16(15)24-20)25-21(29)14-6-5-11-28(12-14)18-10-9-17(22)26-27-18/h3-4,7-10,13-14,19H,5-6,11-12H2,1-2H3,(H,23,24)(H,25,29)/t14-,19+/m1/s1. The SMILES string of the molecule is CC(C)[C@H](NC(=O)[C@@H]1CCCN(c2ccc(Cl)nn2)C1)c1nc2ccccc2[nH]1. The number of rotatable bonds is 5. The largest absolute Gasteiger partial charge is 0.354 e. The second-order valence-corrected chi connectivity index (χ2v) is 8.26. The molecule has 0 saturated carbocycles. The fourth-order valence-electron chi connectivity index (χ4n) is 3.82. The first-order valence-corrected chi connectivity index (χ1v) is 10.4. The summed E-state index contributed by atoms with van der Waals surface area (Å²) in [6.45, 7) is 5.66. The average molecular weight is 413 g/mol. The van der Waals surface area contributed by atoms with Gasteiger partial charge < -0.3 is 15.2 Å². The van der Waals surface area contributed by atoms with Crippen molar-refractivity contribution in [1.82, 2.24) is 25.5 Å². The molecule has 1 aliphatic rings. The molecule has 0 spiro atoms. The molecule has 3 heterocycles. The van der Waals surface area contributed by atoms with Crippen LogP contribution in [0, 0.1) is 11.8 Å². The Labute approximate surface area is 174 Å². The number of nitrogens with zero attached hydrogens (tertiary/aromatic N) is 4. The Morgan fingerprint density at radius 2 is 2.07 bits per heavy atom. The van der Waals surface area contributed by atoms with Crippen LogP contribution in [-0.4, -0.2) is 39.2 Å². The summed E-state index contributed by atoms with van der Waals surface area (Å²) in [5.74, 6) is 1.71. The number of fused-ring (bicyclic) bond motifs is 1. The van der Waals surface area contributed by atoms with Crippen molar-refractivity contribution in [3.63, 3.8) is 0 Å². The number of carbonyl (C=O) groups is 1. The van der Waals surface area contributed by atoms with Crippen LogP contribution in [0.3, 0.4) is 0 Å². The molecule has 7 nitrogen and oxygen atoms in total. The molecule has 2 N–H and O–H groups in total. The molecule has 1 saturated heterocycles. The molecule has 0 bridgehead atoms. The molecule has 29 heavy (non-hydrogen) atoms. The molecular formula is C21H25ClN6O. The zero-order valence-corrected chi connectivity index (χ0v) is 17.4. The zero-order chi connectivity index (χ0) is 20.4. The third-order valence-corrected chi connectivity index (χ3v) is 5.60. The van der Waals surface area contributed by atoms with E-state index in [2.05, 4.69) is 39.2 Å². The first kappa shape index (κ1) is 19.6. The molecule has 3 aromatic rings. The van der Waals surface area contributed by atoms with Crippen LogP contribution in [0.15, 0.2) is 36.4 Å². The van der Waals surface area contributed by atoms with Crippen molar-refractivity contribution >= 4 is 34.4 Å². The summed E-state index contributed by atoms with van der Waals surface area (Å²) in [5.41, 5.74) is 1.89. The van der Waals surface area contributed by atoms with Crippen molar-refractivity contribution in [3.05, 3.63) is 47.4 Å². The number of hydrogen-bond acceptors (Lipinski definition) is 5. The Kier molecular flexibility index (Phi) is 5.67. The summed E-state index contributed by atoms with van der Waals surface area (Å²) in [4.78, 5) is 23.2. The van der Waals surface area contributed by atoms with Crippen molar-refractivity contribution < 1.29 is 4.79 Å². The van der Waals surface area contributed by atoms with Gasteiger partial charge in [0.2, 0.25) is 5.91 Å². The molecule has 0 aliphatic carbocycles. The lowest BCUT2D eigenvalue weighted by molar-refractivity contribution is -0.126. The fraction of sp³-hybridized carbons (Fsp3) is 0.429. The Morgan fingerprint density at radius 3 is 2.79 bits per heavy atom. The maximum absolute atomic E-state index is 13.1. The van der Waals surface area contributed by atoms with Crippen LogP contribution in [-0.2, 0) is 4.79 Å². The van der Waals surface area contributed by atoms with Gasteiger partial charge in [0, 0.05) is 13.1 Å². The molecule has 1 aliphatic heterocycles. The van der Waals surface area contributed by atoms with Gasteiger partial charge in [-0.05, 0) is 43.0 Å². The predicted molar refractivity (Wildman–Crippen MR) is 114 cm³/mol. The number of nitrogens with one attached hydrogen (secondary N) is 2. The van der Waals surface area contributed by atoms with E-state index >= 15 is 0 Å². The molecule has 1 amide bonds. The number of hydrogen-bond donors (Lipinski definition) is 2. The van der Waals surface area contributed by atoms with E-state index in [1.807, 2.05) is 30.3 Å². The van der Waals surface area contributed by atoms with E-state index in [4.69, 9.17) is 16.6 Å². The molecule has 152 valence electrons. The third-order valence-electron chi connectivity index (χ3n) is 5.40. The summed E-state index contributed by atoms with van der Waals surface area (Å²) in [5, 5.41) is 11.7. The highest BCUT2D eigenvalue weighted by Crippen LogP contribution is 2.26. The van der Waals surface area contributed by atoms with E-state index in [0.29, 0.717) is 11.7 Å². The van der Waals surface area contributed by atoms with Crippen molar-refractivity contribution in [2.75, 3.05) is 18.0 Å². The molecule has 0 radical (unpaired) electrons. The second-order valence-electron chi connectivity index (χ2n) is 7.87. The van der Waals surface area contributed by atoms with Crippen LogP contribution in [0.4, 0.5) is 5.82 Å². The fourth-order valence-corrected chi connectivity index (χ4v) is 3.92. The molecule has 2 atom stereocenters. The van der Waals surface area contributed by atoms with Crippen LogP contribution < -0.4 is 10.2 Å². The normalized spacial score (nSPS) is 18.2. The van der Waals surface area contributed by atoms with Gasteiger partial charge >= 0.3 is 0 Å². The monoisotopic (exact) mass is 412 g/mol. The number of para-hydroxylation sites is 2. The molecule has 0 unspecified atom stereocenters. The Balaban J connectivity index is 1.48. The predicted octanol–water partition coefficient (Wildman–Crippen LogP) is 3.74.